The smallest absolute Gasteiger partial charge is 0.275 e. The van der Waals surface area contributed by atoms with Gasteiger partial charge in [-0.25, -0.2) is 8.78 Å². The Labute approximate surface area is 80.8 Å². The summed E-state index contributed by atoms with van der Waals surface area (Å²) in [4.78, 5) is 1.66. The van der Waals surface area contributed by atoms with Crippen molar-refractivity contribution in [1.29, 1.82) is 0 Å². The molecule has 1 aliphatic heterocycles. The predicted molar refractivity (Wildman–Crippen MR) is 47.0 cm³/mol. The van der Waals surface area contributed by atoms with Crippen molar-refractivity contribution in [3.63, 3.8) is 0 Å². The van der Waals surface area contributed by atoms with Gasteiger partial charge in [-0.3, -0.25) is 4.90 Å². The van der Waals surface area contributed by atoms with Gasteiger partial charge in [0.05, 0.1) is 0 Å². The number of rotatable bonds is 2. The van der Waals surface area contributed by atoms with Crippen LogP contribution in [0.5, 0.6) is 0 Å². The van der Waals surface area contributed by atoms with Gasteiger partial charge in [0.15, 0.2) is 0 Å². The number of aliphatic hydroxyl groups excluding tert-OH is 1. The van der Waals surface area contributed by atoms with E-state index >= 15 is 0 Å². The Morgan fingerprint density at radius 2 is 2.31 bits per heavy atom. The lowest BCUT2D eigenvalue weighted by Gasteiger charge is -2.35. The lowest BCUT2D eigenvalue weighted by Crippen LogP contribution is -2.50. The summed E-state index contributed by atoms with van der Waals surface area (Å²) in [6, 6.07) is 0. The van der Waals surface area contributed by atoms with Crippen LogP contribution in [0.3, 0.4) is 0 Å². The van der Waals surface area contributed by atoms with Crippen molar-refractivity contribution in [2.75, 3.05) is 19.6 Å². The van der Waals surface area contributed by atoms with Crippen LogP contribution < -0.4 is 0 Å². The maximum absolute atomic E-state index is 12.8. The van der Waals surface area contributed by atoms with E-state index in [-0.39, 0.29) is 19.5 Å². The molecular weight excluding hydrogens is 200 g/mol. The van der Waals surface area contributed by atoms with Crippen molar-refractivity contribution in [3.8, 4) is 0 Å². The Hall–Kier alpha value is -0.190. The van der Waals surface area contributed by atoms with E-state index in [4.69, 9.17) is 16.7 Å². The van der Waals surface area contributed by atoms with Gasteiger partial charge in [-0.05, 0) is 0 Å². The van der Waals surface area contributed by atoms with Crippen molar-refractivity contribution in [1.82, 2.24) is 4.90 Å². The first-order valence-corrected chi connectivity index (χ1v) is 4.41. The van der Waals surface area contributed by atoms with Crippen LogP contribution >= 0.6 is 11.6 Å². The molecule has 1 heterocycles. The average Bonchev–Trinajstić information content (AvgIpc) is 1.97. The summed E-state index contributed by atoms with van der Waals surface area (Å²) in [7, 11) is 0. The van der Waals surface area contributed by atoms with Crippen LogP contribution in [-0.2, 0) is 0 Å². The van der Waals surface area contributed by atoms with Gasteiger partial charge in [0.2, 0.25) is 0 Å². The Bertz CT molecular complexity index is 210. The molecular formula is C8H12ClF2NO. The molecule has 1 saturated heterocycles. The van der Waals surface area contributed by atoms with Gasteiger partial charge < -0.3 is 5.11 Å². The van der Waals surface area contributed by atoms with E-state index in [9.17, 15) is 8.78 Å². The minimum Gasteiger partial charge on any atom is -0.386 e. The fraction of sp³-hybridized carbons (Fsp3) is 0.750. The molecule has 0 spiro atoms. The zero-order valence-corrected chi connectivity index (χ0v) is 7.90. The van der Waals surface area contributed by atoms with Gasteiger partial charge in [-0.15, -0.1) is 0 Å². The maximum Gasteiger partial charge on any atom is 0.275 e. The number of β-amino-alcohol motifs (C(OH)–C–C–N with tert-alkyl or cyclic N) is 1. The quantitative estimate of drug-likeness (QED) is 0.747. The van der Waals surface area contributed by atoms with Crippen LogP contribution in [0.25, 0.3) is 0 Å². The lowest BCUT2D eigenvalue weighted by atomic mass is 10.0. The van der Waals surface area contributed by atoms with E-state index in [1.165, 1.54) is 0 Å². The molecule has 5 heteroatoms. The fourth-order valence-corrected chi connectivity index (χ4v) is 1.50. The van der Waals surface area contributed by atoms with Crippen molar-refractivity contribution in [2.45, 2.75) is 18.4 Å². The summed E-state index contributed by atoms with van der Waals surface area (Å²) in [5, 5.41) is 9.46. The van der Waals surface area contributed by atoms with Crippen molar-refractivity contribution in [3.05, 3.63) is 11.6 Å². The Morgan fingerprint density at radius 1 is 1.69 bits per heavy atom. The van der Waals surface area contributed by atoms with Gasteiger partial charge in [0.1, 0.15) is 6.10 Å². The molecule has 13 heavy (non-hydrogen) atoms. The maximum atomic E-state index is 12.8. The Kier molecular flexibility index (Phi) is 3.27. The number of halogens is 3. The highest BCUT2D eigenvalue weighted by molar-refractivity contribution is 6.29. The number of hydrogen-bond acceptors (Lipinski definition) is 2. The third kappa shape index (κ3) is 2.90. The van der Waals surface area contributed by atoms with E-state index in [0.29, 0.717) is 11.6 Å². The van der Waals surface area contributed by atoms with Crippen molar-refractivity contribution >= 4 is 11.6 Å². The first-order valence-electron chi connectivity index (χ1n) is 4.03. The van der Waals surface area contributed by atoms with Crippen molar-refractivity contribution < 1.29 is 13.9 Å². The topological polar surface area (TPSA) is 23.5 Å². The monoisotopic (exact) mass is 211 g/mol. The fourth-order valence-electron chi connectivity index (χ4n) is 1.33. The second-order valence-corrected chi connectivity index (χ2v) is 3.81. The van der Waals surface area contributed by atoms with Gasteiger partial charge >= 0.3 is 0 Å². The number of hydrogen-bond donors (Lipinski definition) is 1. The molecule has 1 N–H and O–H groups in total. The molecule has 1 rings (SSSR count). The van der Waals surface area contributed by atoms with Gasteiger partial charge in [0.25, 0.3) is 5.92 Å². The minimum atomic E-state index is -2.95. The molecule has 0 saturated carbocycles. The Balaban J connectivity index is 2.46. The average molecular weight is 212 g/mol. The number of alkyl halides is 2. The van der Waals surface area contributed by atoms with E-state index < -0.39 is 12.0 Å². The SMILES string of the molecule is C=C(Cl)CN1CCC(F)(F)C(O)C1. The molecule has 76 valence electrons. The predicted octanol–water partition coefficient (Wildman–Crippen LogP) is 1.44. The van der Waals surface area contributed by atoms with Crippen LogP contribution in [-0.4, -0.2) is 41.7 Å². The van der Waals surface area contributed by atoms with Crippen LogP contribution in [0.15, 0.2) is 11.6 Å². The third-order valence-corrected chi connectivity index (χ3v) is 2.19. The van der Waals surface area contributed by atoms with Gasteiger partial charge in [-0.2, -0.15) is 0 Å². The summed E-state index contributed by atoms with van der Waals surface area (Å²) >= 11 is 5.52. The molecule has 0 aromatic carbocycles. The number of nitrogens with zero attached hydrogens (tertiary/aromatic N) is 1. The first-order chi connectivity index (χ1) is 5.92. The van der Waals surface area contributed by atoms with Crippen LogP contribution in [0.2, 0.25) is 0 Å². The highest BCUT2D eigenvalue weighted by Gasteiger charge is 2.42. The van der Waals surface area contributed by atoms with Crippen LogP contribution in [0, 0.1) is 0 Å². The second-order valence-electron chi connectivity index (χ2n) is 3.28. The second kappa shape index (κ2) is 3.90. The van der Waals surface area contributed by atoms with Crippen LogP contribution in [0.1, 0.15) is 6.42 Å². The summed E-state index contributed by atoms with van der Waals surface area (Å²) < 4.78 is 25.6. The number of aliphatic hydroxyl groups is 1. The molecule has 2 nitrogen and oxygen atoms in total. The first kappa shape index (κ1) is 10.9. The van der Waals surface area contributed by atoms with E-state index in [1.807, 2.05) is 0 Å². The summed E-state index contributed by atoms with van der Waals surface area (Å²) in [5.74, 6) is -2.95. The molecule has 1 unspecified atom stereocenters. The summed E-state index contributed by atoms with van der Waals surface area (Å²) in [6.07, 6.45) is -1.91. The molecule has 0 radical (unpaired) electrons. The molecule has 1 aliphatic rings. The molecule has 1 atom stereocenters. The molecule has 0 aromatic rings. The van der Waals surface area contributed by atoms with Gasteiger partial charge in [-0.1, -0.05) is 18.2 Å². The standard InChI is InChI=1S/C8H12ClF2NO/c1-6(9)4-12-3-2-8(10,11)7(13)5-12/h7,13H,1-5H2. The number of piperidine rings is 1. The van der Waals surface area contributed by atoms with Crippen molar-refractivity contribution in [2.24, 2.45) is 0 Å². The summed E-state index contributed by atoms with van der Waals surface area (Å²) in [5.41, 5.74) is 0. The van der Waals surface area contributed by atoms with Crippen LogP contribution in [0.4, 0.5) is 8.78 Å². The minimum absolute atomic E-state index is 0.0429. The number of likely N-dealkylation sites (tertiary alicyclic amines) is 1. The highest BCUT2D eigenvalue weighted by atomic mass is 35.5. The molecule has 0 aromatic heterocycles. The largest absolute Gasteiger partial charge is 0.386 e. The normalized spacial score (nSPS) is 28.8. The van der Waals surface area contributed by atoms with E-state index in [0.717, 1.165) is 0 Å². The zero-order chi connectivity index (χ0) is 10.1. The third-order valence-electron chi connectivity index (χ3n) is 2.08. The summed E-state index contributed by atoms with van der Waals surface area (Å²) in [6.45, 7) is 4.02. The van der Waals surface area contributed by atoms with E-state index in [2.05, 4.69) is 6.58 Å². The molecule has 1 fully saturated rings. The zero-order valence-electron chi connectivity index (χ0n) is 7.14. The Morgan fingerprint density at radius 3 is 2.77 bits per heavy atom. The molecule has 0 aliphatic carbocycles. The lowest BCUT2D eigenvalue weighted by molar-refractivity contribution is -0.146. The highest BCUT2D eigenvalue weighted by Crippen LogP contribution is 2.28. The van der Waals surface area contributed by atoms with Gasteiger partial charge in [0, 0.05) is 31.1 Å². The molecule has 0 amide bonds. The molecule has 0 bridgehead atoms. The van der Waals surface area contributed by atoms with E-state index in [1.54, 1.807) is 4.90 Å².